The highest BCUT2D eigenvalue weighted by molar-refractivity contribution is 6.30. The summed E-state index contributed by atoms with van der Waals surface area (Å²) in [5.74, 6) is 0.803. The van der Waals surface area contributed by atoms with Crippen molar-refractivity contribution >= 4 is 11.6 Å². The molecule has 1 fully saturated rings. The van der Waals surface area contributed by atoms with E-state index in [1.807, 2.05) is 36.4 Å². The predicted octanol–water partition coefficient (Wildman–Crippen LogP) is 4.25. The lowest BCUT2D eigenvalue weighted by molar-refractivity contribution is 0.0693. The highest BCUT2D eigenvalue weighted by atomic mass is 35.5. The van der Waals surface area contributed by atoms with E-state index in [-0.39, 0.29) is 0 Å². The Balaban J connectivity index is 1.41. The van der Waals surface area contributed by atoms with Crippen LogP contribution in [-0.4, -0.2) is 42.4 Å². The maximum absolute atomic E-state index is 10.3. The SMILES string of the molecule is O[C@@H](COc1cccc(CNCc2cccc(Cl)c2)c1)CN1CCCCCC1. The minimum atomic E-state index is -0.456. The predicted molar refractivity (Wildman–Crippen MR) is 115 cm³/mol. The van der Waals surface area contributed by atoms with Crippen molar-refractivity contribution < 1.29 is 9.84 Å². The molecule has 1 atom stereocenters. The van der Waals surface area contributed by atoms with Crippen LogP contribution in [0.5, 0.6) is 5.75 Å². The minimum Gasteiger partial charge on any atom is -0.491 e. The second-order valence-corrected chi connectivity index (χ2v) is 8.00. The van der Waals surface area contributed by atoms with Crippen LogP contribution in [-0.2, 0) is 13.1 Å². The number of aliphatic hydroxyl groups is 1. The van der Waals surface area contributed by atoms with Gasteiger partial charge in [-0.15, -0.1) is 0 Å². The van der Waals surface area contributed by atoms with Gasteiger partial charge in [-0.1, -0.05) is 48.7 Å². The number of ether oxygens (including phenoxy) is 1. The summed E-state index contributed by atoms with van der Waals surface area (Å²) in [6, 6.07) is 15.9. The summed E-state index contributed by atoms with van der Waals surface area (Å²) >= 11 is 6.02. The normalized spacial score (nSPS) is 16.5. The summed E-state index contributed by atoms with van der Waals surface area (Å²) in [6.45, 7) is 4.71. The van der Waals surface area contributed by atoms with Gasteiger partial charge in [0.15, 0.2) is 0 Å². The van der Waals surface area contributed by atoms with Gasteiger partial charge < -0.3 is 20.1 Å². The fourth-order valence-electron chi connectivity index (χ4n) is 3.61. The highest BCUT2D eigenvalue weighted by Crippen LogP contribution is 2.15. The number of halogens is 1. The van der Waals surface area contributed by atoms with E-state index in [1.165, 1.54) is 25.7 Å². The number of hydrogen-bond acceptors (Lipinski definition) is 4. The average Bonchev–Trinajstić information content (AvgIpc) is 2.95. The first-order chi connectivity index (χ1) is 13.7. The molecule has 0 aromatic heterocycles. The fraction of sp³-hybridized carbons (Fsp3) is 0.478. The van der Waals surface area contributed by atoms with Crippen LogP contribution < -0.4 is 10.1 Å². The van der Waals surface area contributed by atoms with Crippen LogP contribution in [0, 0.1) is 0 Å². The van der Waals surface area contributed by atoms with Crippen molar-refractivity contribution in [3.05, 3.63) is 64.7 Å². The van der Waals surface area contributed by atoms with Crippen molar-refractivity contribution in [2.75, 3.05) is 26.2 Å². The number of hydrogen-bond donors (Lipinski definition) is 2. The monoisotopic (exact) mass is 402 g/mol. The van der Waals surface area contributed by atoms with E-state index >= 15 is 0 Å². The molecule has 1 saturated heterocycles. The summed E-state index contributed by atoms with van der Waals surface area (Å²) < 4.78 is 5.84. The molecule has 28 heavy (non-hydrogen) atoms. The average molecular weight is 403 g/mol. The molecular weight excluding hydrogens is 372 g/mol. The van der Waals surface area contributed by atoms with Gasteiger partial charge in [0, 0.05) is 24.7 Å². The molecule has 0 bridgehead atoms. The number of likely N-dealkylation sites (tertiary alicyclic amines) is 1. The van der Waals surface area contributed by atoms with Gasteiger partial charge in [-0.05, 0) is 61.3 Å². The molecule has 5 heteroatoms. The summed E-state index contributed by atoms with van der Waals surface area (Å²) in [4.78, 5) is 2.36. The third-order valence-corrected chi connectivity index (χ3v) is 5.29. The molecule has 0 spiro atoms. The number of nitrogens with one attached hydrogen (secondary N) is 1. The lowest BCUT2D eigenvalue weighted by Crippen LogP contribution is -2.36. The Labute approximate surface area is 173 Å². The number of nitrogens with zero attached hydrogens (tertiary/aromatic N) is 1. The molecule has 0 radical (unpaired) electrons. The molecule has 0 amide bonds. The van der Waals surface area contributed by atoms with Crippen molar-refractivity contribution in [3.8, 4) is 5.75 Å². The van der Waals surface area contributed by atoms with E-state index in [0.717, 1.165) is 48.1 Å². The van der Waals surface area contributed by atoms with Crippen LogP contribution in [0.15, 0.2) is 48.5 Å². The van der Waals surface area contributed by atoms with Crippen molar-refractivity contribution in [3.63, 3.8) is 0 Å². The molecule has 152 valence electrons. The van der Waals surface area contributed by atoms with Crippen molar-refractivity contribution in [2.45, 2.75) is 44.9 Å². The summed E-state index contributed by atoms with van der Waals surface area (Å²) in [7, 11) is 0. The zero-order chi connectivity index (χ0) is 19.6. The van der Waals surface area contributed by atoms with E-state index in [1.54, 1.807) is 0 Å². The van der Waals surface area contributed by atoms with Crippen LogP contribution in [0.25, 0.3) is 0 Å². The van der Waals surface area contributed by atoms with Crippen molar-refractivity contribution in [2.24, 2.45) is 0 Å². The Hall–Kier alpha value is -1.59. The van der Waals surface area contributed by atoms with Crippen LogP contribution in [0.2, 0.25) is 5.02 Å². The number of benzene rings is 2. The molecule has 1 heterocycles. The number of aliphatic hydroxyl groups excluding tert-OH is 1. The van der Waals surface area contributed by atoms with Crippen molar-refractivity contribution in [1.29, 1.82) is 0 Å². The Morgan fingerprint density at radius 1 is 0.964 bits per heavy atom. The van der Waals surface area contributed by atoms with Crippen molar-refractivity contribution in [1.82, 2.24) is 10.2 Å². The Kier molecular flexibility index (Phi) is 8.62. The van der Waals surface area contributed by atoms with Gasteiger partial charge in [0.1, 0.15) is 18.5 Å². The van der Waals surface area contributed by atoms with Gasteiger partial charge in [0.05, 0.1) is 0 Å². The third-order valence-electron chi connectivity index (χ3n) is 5.06. The maximum atomic E-state index is 10.3. The standard InChI is InChI=1S/C23H31ClN2O2/c24-21-9-5-7-19(13-21)15-25-16-20-8-6-10-23(14-20)28-18-22(27)17-26-11-3-1-2-4-12-26/h5-10,13-14,22,25,27H,1-4,11-12,15-18H2/t22-/m1/s1. The molecule has 2 aromatic rings. The maximum Gasteiger partial charge on any atom is 0.119 e. The van der Waals surface area contributed by atoms with Gasteiger partial charge in [-0.25, -0.2) is 0 Å². The summed E-state index contributed by atoms with van der Waals surface area (Å²) in [6.07, 6.45) is 4.63. The smallest absolute Gasteiger partial charge is 0.119 e. The molecule has 2 N–H and O–H groups in total. The Bertz CT molecular complexity index is 717. The second-order valence-electron chi connectivity index (χ2n) is 7.56. The number of rotatable bonds is 9. The molecule has 4 nitrogen and oxygen atoms in total. The fourth-order valence-corrected chi connectivity index (χ4v) is 3.82. The zero-order valence-electron chi connectivity index (χ0n) is 16.4. The lowest BCUT2D eigenvalue weighted by Gasteiger charge is -2.23. The quantitative estimate of drug-likeness (QED) is 0.658. The molecule has 3 rings (SSSR count). The van der Waals surface area contributed by atoms with Gasteiger partial charge in [0.2, 0.25) is 0 Å². The van der Waals surface area contributed by atoms with E-state index in [9.17, 15) is 5.11 Å². The first-order valence-electron chi connectivity index (χ1n) is 10.3. The molecule has 1 aliphatic rings. The molecule has 2 aromatic carbocycles. The Morgan fingerprint density at radius 3 is 2.36 bits per heavy atom. The van der Waals surface area contributed by atoms with E-state index in [2.05, 4.69) is 22.3 Å². The van der Waals surface area contributed by atoms with Crippen LogP contribution in [0.1, 0.15) is 36.8 Å². The highest BCUT2D eigenvalue weighted by Gasteiger charge is 2.14. The van der Waals surface area contributed by atoms with E-state index in [0.29, 0.717) is 13.2 Å². The molecule has 0 aliphatic carbocycles. The zero-order valence-corrected chi connectivity index (χ0v) is 17.2. The summed E-state index contributed by atoms with van der Waals surface area (Å²) in [5, 5.41) is 14.5. The van der Waals surface area contributed by atoms with Crippen LogP contribution in [0.3, 0.4) is 0 Å². The van der Waals surface area contributed by atoms with Crippen LogP contribution >= 0.6 is 11.6 Å². The van der Waals surface area contributed by atoms with E-state index in [4.69, 9.17) is 16.3 Å². The molecule has 1 aliphatic heterocycles. The largest absolute Gasteiger partial charge is 0.491 e. The van der Waals surface area contributed by atoms with Gasteiger partial charge in [-0.2, -0.15) is 0 Å². The third kappa shape index (κ3) is 7.44. The topological polar surface area (TPSA) is 44.7 Å². The number of β-amino-alcohol motifs (C(OH)–C–C–N with tert-alkyl or cyclic N) is 1. The Morgan fingerprint density at radius 2 is 1.64 bits per heavy atom. The molecular formula is C23H31ClN2O2. The first-order valence-corrected chi connectivity index (χ1v) is 10.6. The molecule has 0 unspecified atom stereocenters. The van der Waals surface area contributed by atoms with Gasteiger partial charge in [0.25, 0.3) is 0 Å². The van der Waals surface area contributed by atoms with Gasteiger partial charge in [-0.3, -0.25) is 0 Å². The van der Waals surface area contributed by atoms with Gasteiger partial charge >= 0.3 is 0 Å². The second kappa shape index (κ2) is 11.4. The lowest BCUT2D eigenvalue weighted by atomic mass is 10.2. The minimum absolute atomic E-state index is 0.329. The first kappa shape index (κ1) is 21.1. The molecule has 0 saturated carbocycles. The summed E-state index contributed by atoms with van der Waals surface area (Å²) in [5.41, 5.74) is 2.32. The van der Waals surface area contributed by atoms with Crippen LogP contribution in [0.4, 0.5) is 0 Å². The van der Waals surface area contributed by atoms with E-state index < -0.39 is 6.10 Å².